The van der Waals surface area contributed by atoms with Crippen LogP contribution in [0.3, 0.4) is 0 Å². The number of rotatable bonds is 73. The van der Waals surface area contributed by atoms with Gasteiger partial charge in [0.25, 0.3) is 0 Å². The first-order chi connectivity index (χ1) is 50.7. The van der Waals surface area contributed by atoms with Gasteiger partial charge in [0, 0.05) is 25.7 Å². The molecule has 592 valence electrons. The number of esters is 4. The second-order valence-electron chi connectivity index (χ2n) is 25.9. The van der Waals surface area contributed by atoms with E-state index in [1.165, 1.54) is 57.8 Å². The zero-order chi connectivity index (χ0) is 76.0. The molecule has 5 atom stereocenters. The molecule has 0 aromatic rings. The molecule has 19 heteroatoms. The molecule has 3 N–H and O–H groups in total. The molecule has 0 aromatic carbocycles. The van der Waals surface area contributed by atoms with Crippen molar-refractivity contribution >= 4 is 39.5 Å². The minimum Gasteiger partial charge on any atom is -0.462 e. The first kappa shape index (κ1) is 98.7. The van der Waals surface area contributed by atoms with Crippen molar-refractivity contribution in [2.24, 2.45) is 0 Å². The number of phosphoric acid groups is 2. The number of hydrogen-bond donors (Lipinski definition) is 3. The summed E-state index contributed by atoms with van der Waals surface area (Å²) in [7, 11) is -10.00. The summed E-state index contributed by atoms with van der Waals surface area (Å²) in [5.74, 6) is -2.34. The number of allylic oxidation sites excluding steroid dienone is 26. The van der Waals surface area contributed by atoms with Crippen LogP contribution < -0.4 is 0 Å². The van der Waals surface area contributed by atoms with E-state index in [9.17, 15) is 43.2 Å². The molecule has 0 aromatic heterocycles. The zero-order valence-electron chi connectivity index (χ0n) is 64.6. The summed E-state index contributed by atoms with van der Waals surface area (Å²) < 4.78 is 68.4. The van der Waals surface area contributed by atoms with Crippen LogP contribution in [0.2, 0.25) is 0 Å². The van der Waals surface area contributed by atoms with Gasteiger partial charge in [-0.15, -0.1) is 0 Å². The van der Waals surface area contributed by atoms with E-state index in [1.54, 1.807) is 0 Å². The second kappa shape index (κ2) is 75.9. The lowest BCUT2D eigenvalue weighted by Crippen LogP contribution is -2.30. The molecule has 0 saturated heterocycles. The van der Waals surface area contributed by atoms with Crippen LogP contribution >= 0.6 is 15.6 Å². The van der Waals surface area contributed by atoms with Crippen LogP contribution in [-0.2, 0) is 65.4 Å². The van der Waals surface area contributed by atoms with E-state index in [0.717, 1.165) is 148 Å². The highest BCUT2D eigenvalue weighted by atomic mass is 31.2. The van der Waals surface area contributed by atoms with Crippen LogP contribution in [0.5, 0.6) is 0 Å². The van der Waals surface area contributed by atoms with Gasteiger partial charge >= 0.3 is 39.5 Å². The van der Waals surface area contributed by atoms with Gasteiger partial charge in [0.05, 0.1) is 26.4 Å². The predicted molar refractivity (Wildman–Crippen MR) is 427 cm³/mol. The lowest BCUT2D eigenvalue weighted by molar-refractivity contribution is -0.161. The Balaban J connectivity index is 5.43. The molecule has 0 aliphatic rings. The van der Waals surface area contributed by atoms with Crippen molar-refractivity contribution in [3.63, 3.8) is 0 Å². The molecule has 104 heavy (non-hydrogen) atoms. The van der Waals surface area contributed by atoms with Crippen LogP contribution in [0.15, 0.2) is 158 Å². The smallest absolute Gasteiger partial charge is 0.462 e. The van der Waals surface area contributed by atoms with Gasteiger partial charge < -0.3 is 33.8 Å². The van der Waals surface area contributed by atoms with Crippen LogP contribution in [-0.4, -0.2) is 96.7 Å². The number of ether oxygens (including phenoxy) is 4. The van der Waals surface area contributed by atoms with Crippen LogP contribution in [0.1, 0.15) is 297 Å². The number of aliphatic hydroxyl groups is 1. The Labute approximate surface area is 629 Å². The summed E-state index contributed by atoms with van der Waals surface area (Å²) in [4.78, 5) is 72.9. The molecule has 0 spiro atoms. The van der Waals surface area contributed by atoms with Gasteiger partial charge in [0.1, 0.15) is 19.3 Å². The van der Waals surface area contributed by atoms with Gasteiger partial charge in [-0.2, -0.15) is 0 Å². The maximum Gasteiger partial charge on any atom is 0.472 e. The first-order valence-corrected chi connectivity index (χ1v) is 42.7. The van der Waals surface area contributed by atoms with E-state index in [1.807, 2.05) is 18.2 Å². The quantitative estimate of drug-likeness (QED) is 0.0169. The van der Waals surface area contributed by atoms with Crippen molar-refractivity contribution in [1.82, 2.24) is 0 Å². The molecule has 0 aliphatic carbocycles. The fourth-order valence-electron chi connectivity index (χ4n) is 10.0. The van der Waals surface area contributed by atoms with Crippen molar-refractivity contribution in [2.45, 2.75) is 316 Å². The molecule has 17 nitrogen and oxygen atoms in total. The highest BCUT2D eigenvalue weighted by molar-refractivity contribution is 7.47. The van der Waals surface area contributed by atoms with Crippen LogP contribution in [0.4, 0.5) is 0 Å². The van der Waals surface area contributed by atoms with Gasteiger partial charge in [-0.3, -0.25) is 37.3 Å². The number of aliphatic hydroxyl groups excluding tert-OH is 1. The Bertz CT molecular complexity index is 2590. The zero-order valence-corrected chi connectivity index (χ0v) is 66.4. The van der Waals surface area contributed by atoms with Crippen molar-refractivity contribution < 1.29 is 80.2 Å². The van der Waals surface area contributed by atoms with E-state index >= 15 is 0 Å². The SMILES string of the molecule is CC/C=C\C/C=C\C/C=C\C/C=C\C/C=C\C/C=C\CCC(=O)OCC(COP(=O)(O)OCC(O)COP(=O)(O)OCC(COC(=O)CCCCCCCC/C=C\C/C=C\C/C=C\CCCCC)OC(=O)CCCCCCCCCCCCC)OC(=O)CCCC/C=C\C/C=C\C/C=C\C/C=C\CC. The minimum atomic E-state index is -5.01. The van der Waals surface area contributed by atoms with Gasteiger partial charge in [-0.1, -0.05) is 288 Å². The second-order valence-corrected chi connectivity index (χ2v) is 28.8. The molecule has 0 rings (SSSR count). The summed E-state index contributed by atoms with van der Waals surface area (Å²) in [6, 6.07) is 0. The van der Waals surface area contributed by atoms with E-state index < -0.39 is 97.5 Å². The normalized spacial score (nSPS) is 14.7. The standard InChI is InChI=1S/C85H140O17P2/c1-5-9-13-17-21-25-29-32-35-37-39-41-44-46-50-53-57-61-65-69-82(87)95-75-80(101-84(89)71-67-63-59-55-49-28-24-20-16-12-8-4)77-99-103(91,92)97-73-79(86)74-98-104(93,94)100-78-81(102-85(90)72-68-64-60-56-52-48-43-34-31-27-23-19-15-11-7-3)76-96-83(88)70-66-62-58-54-51-47-45-42-40-38-36-33-30-26-22-18-14-10-6-2/h10-11,14-15,21-23,25-27,32-36,39-43,47,51-52,56,58,62,79-81,86H,5-9,12-13,16-20,24,28-31,37-38,44-46,48-50,53-55,57,59-61,63-78H2,1-4H3,(H,91,92)(H,93,94)/b14-10-,15-11-,25-21-,26-22-,27-23-,35-32-,36-33-,41-39-,42-40-,43-34-,51-47-,56-52-,62-58-. The van der Waals surface area contributed by atoms with E-state index in [4.69, 9.17) is 37.0 Å². The predicted octanol–water partition coefficient (Wildman–Crippen LogP) is 23.2. The largest absolute Gasteiger partial charge is 0.472 e. The van der Waals surface area contributed by atoms with Crippen molar-refractivity contribution in [3.8, 4) is 0 Å². The topological polar surface area (TPSA) is 237 Å². The summed E-state index contributed by atoms with van der Waals surface area (Å²) in [5, 5.41) is 10.6. The number of carbonyl (C=O) groups is 4. The molecule has 0 radical (unpaired) electrons. The number of carbonyl (C=O) groups excluding carboxylic acids is 4. The third-order valence-corrected chi connectivity index (χ3v) is 17.9. The van der Waals surface area contributed by atoms with Crippen LogP contribution in [0, 0.1) is 0 Å². The van der Waals surface area contributed by atoms with E-state index in [0.29, 0.717) is 38.5 Å². The molecule has 0 fully saturated rings. The highest BCUT2D eigenvalue weighted by Crippen LogP contribution is 2.45. The summed E-state index contributed by atoms with van der Waals surface area (Å²) in [6.07, 6.45) is 88.2. The highest BCUT2D eigenvalue weighted by Gasteiger charge is 2.30. The third-order valence-electron chi connectivity index (χ3n) is 16.0. The average Bonchev–Trinajstić information content (AvgIpc) is 0.929. The molecular weight excluding hydrogens is 1350 g/mol. The number of phosphoric ester groups is 2. The Morgan fingerprint density at radius 1 is 0.279 bits per heavy atom. The molecule has 0 saturated carbocycles. The monoisotopic (exact) mass is 1490 g/mol. The Kier molecular flexibility index (Phi) is 72.0. The van der Waals surface area contributed by atoms with Crippen molar-refractivity contribution in [3.05, 3.63) is 158 Å². The lowest BCUT2D eigenvalue weighted by Gasteiger charge is -2.21. The van der Waals surface area contributed by atoms with E-state index in [2.05, 4.69) is 167 Å². The number of unbranched alkanes of at least 4 members (excludes halogenated alkanes) is 21. The van der Waals surface area contributed by atoms with Crippen molar-refractivity contribution in [2.75, 3.05) is 39.6 Å². The fourth-order valence-corrected chi connectivity index (χ4v) is 11.6. The molecule has 0 aliphatic heterocycles. The Morgan fingerprint density at radius 2 is 0.519 bits per heavy atom. The Hall–Kier alpha value is -5.32. The summed E-state index contributed by atoms with van der Waals surface area (Å²) in [5.41, 5.74) is 0. The Morgan fingerprint density at radius 3 is 0.865 bits per heavy atom. The number of hydrogen-bond acceptors (Lipinski definition) is 15. The fraction of sp³-hybridized carbons (Fsp3) is 0.647. The maximum atomic E-state index is 13.1. The molecule has 0 bridgehead atoms. The molecular formula is C85H140O17P2. The third kappa shape index (κ3) is 74.9. The first-order valence-electron chi connectivity index (χ1n) is 39.7. The lowest BCUT2D eigenvalue weighted by atomic mass is 10.1. The van der Waals surface area contributed by atoms with E-state index in [-0.39, 0.29) is 25.7 Å². The molecule has 0 amide bonds. The molecule has 0 heterocycles. The molecule has 5 unspecified atom stereocenters. The van der Waals surface area contributed by atoms with Crippen LogP contribution in [0.25, 0.3) is 0 Å². The van der Waals surface area contributed by atoms with Gasteiger partial charge in [0.15, 0.2) is 12.2 Å². The van der Waals surface area contributed by atoms with Crippen molar-refractivity contribution in [1.29, 1.82) is 0 Å². The van der Waals surface area contributed by atoms with Gasteiger partial charge in [-0.25, -0.2) is 9.13 Å². The average molecular weight is 1500 g/mol. The van der Waals surface area contributed by atoms with Gasteiger partial charge in [0.2, 0.25) is 0 Å². The summed E-state index contributed by atoms with van der Waals surface area (Å²) in [6.45, 7) is 4.45. The summed E-state index contributed by atoms with van der Waals surface area (Å²) >= 11 is 0. The van der Waals surface area contributed by atoms with Gasteiger partial charge in [-0.05, 0) is 141 Å². The maximum absolute atomic E-state index is 13.1. The minimum absolute atomic E-state index is 0.0217.